The molecule has 1 aromatic heterocycles. The number of benzene rings is 3. The SMILES string of the molecule is Cc1cc(-n2c(C)nc3ccccc3c2=O)ccc1NC(=O)Nc1ccc(F)cc1. The lowest BCUT2D eigenvalue weighted by Crippen LogP contribution is -2.23. The van der Waals surface area contributed by atoms with Crippen LogP contribution in [0.5, 0.6) is 0 Å². The maximum atomic E-state index is 13.0. The maximum Gasteiger partial charge on any atom is 0.323 e. The van der Waals surface area contributed by atoms with E-state index in [2.05, 4.69) is 15.6 Å². The summed E-state index contributed by atoms with van der Waals surface area (Å²) in [5.41, 5.74) is 3.03. The van der Waals surface area contributed by atoms with Crippen LogP contribution in [0.4, 0.5) is 20.6 Å². The van der Waals surface area contributed by atoms with E-state index in [0.717, 1.165) is 5.56 Å². The lowest BCUT2D eigenvalue weighted by molar-refractivity contribution is 0.262. The van der Waals surface area contributed by atoms with Crippen LogP contribution in [0.15, 0.2) is 71.5 Å². The van der Waals surface area contributed by atoms with Crippen LogP contribution in [-0.4, -0.2) is 15.6 Å². The molecule has 6 nitrogen and oxygen atoms in total. The van der Waals surface area contributed by atoms with Gasteiger partial charge in [0.2, 0.25) is 0 Å². The van der Waals surface area contributed by atoms with E-state index in [1.807, 2.05) is 31.2 Å². The lowest BCUT2D eigenvalue weighted by atomic mass is 10.1. The van der Waals surface area contributed by atoms with Gasteiger partial charge in [0.15, 0.2) is 0 Å². The molecule has 0 saturated heterocycles. The number of para-hydroxylation sites is 1. The zero-order chi connectivity index (χ0) is 21.3. The van der Waals surface area contributed by atoms with Crippen LogP contribution in [-0.2, 0) is 0 Å². The van der Waals surface area contributed by atoms with Crippen LogP contribution in [0.3, 0.4) is 0 Å². The summed E-state index contributed by atoms with van der Waals surface area (Å²) in [5, 5.41) is 5.95. The Morgan fingerprint density at radius 1 is 0.967 bits per heavy atom. The number of nitrogens with zero attached hydrogens (tertiary/aromatic N) is 2. The predicted octanol–water partition coefficient (Wildman–Crippen LogP) is 4.79. The van der Waals surface area contributed by atoms with Gasteiger partial charge in [0.25, 0.3) is 5.56 Å². The van der Waals surface area contributed by atoms with E-state index in [-0.39, 0.29) is 11.4 Å². The summed E-state index contributed by atoms with van der Waals surface area (Å²) in [6, 6.07) is 17.6. The third kappa shape index (κ3) is 3.77. The Morgan fingerprint density at radius 2 is 1.70 bits per heavy atom. The molecule has 0 atom stereocenters. The molecule has 3 aromatic carbocycles. The molecule has 0 bridgehead atoms. The summed E-state index contributed by atoms with van der Waals surface area (Å²) in [6.07, 6.45) is 0. The first-order valence-corrected chi connectivity index (χ1v) is 9.35. The number of halogens is 1. The van der Waals surface area contributed by atoms with E-state index in [1.165, 1.54) is 24.3 Å². The van der Waals surface area contributed by atoms with E-state index in [9.17, 15) is 14.0 Å². The van der Waals surface area contributed by atoms with Crippen molar-refractivity contribution in [1.29, 1.82) is 0 Å². The molecule has 2 N–H and O–H groups in total. The second-order valence-electron chi connectivity index (χ2n) is 6.90. The van der Waals surface area contributed by atoms with Crippen molar-refractivity contribution in [3.8, 4) is 5.69 Å². The zero-order valence-corrected chi connectivity index (χ0v) is 16.4. The number of amides is 2. The number of carbonyl (C=O) groups excluding carboxylic acids is 1. The van der Waals surface area contributed by atoms with Crippen molar-refractivity contribution in [3.63, 3.8) is 0 Å². The van der Waals surface area contributed by atoms with Gasteiger partial charge < -0.3 is 10.6 Å². The largest absolute Gasteiger partial charge is 0.323 e. The molecule has 0 aliphatic rings. The van der Waals surface area contributed by atoms with E-state index >= 15 is 0 Å². The van der Waals surface area contributed by atoms with E-state index in [4.69, 9.17) is 0 Å². The minimum absolute atomic E-state index is 0.146. The number of aryl methyl sites for hydroxylation is 2. The fourth-order valence-electron chi connectivity index (χ4n) is 3.29. The van der Waals surface area contributed by atoms with Crippen molar-refractivity contribution in [3.05, 3.63) is 94.3 Å². The topological polar surface area (TPSA) is 76.0 Å². The smallest absolute Gasteiger partial charge is 0.308 e. The highest BCUT2D eigenvalue weighted by Crippen LogP contribution is 2.20. The minimum Gasteiger partial charge on any atom is -0.308 e. The fraction of sp³-hybridized carbons (Fsp3) is 0.0870. The quantitative estimate of drug-likeness (QED) is 0.518. The normalized spacial score (nSPS) is 10.8. The second kappa shape index (κ2) is 7.79. The second-order valence-corrected chi connectivity index (χ2v) is 6.90. The van der Waals surface area contributed by atoms with Gasteiger partial charge in [-0.25, -0.2) is 14.2 Å². The Hall–Kier alpha value is -4.00. The van der Waals surface area contributed by atoms with Crippen LogP contribution in [0.2, 0.25) is 0 Å². The van der Waals surface area contributed by atoms with Crippen molar-refractivity contribution >= 4 is 28.3 Å². The molecule has 0 spiro atoms. The number of hydrogen-bond acceptors (Lipinski definition) is 3. The van der Waals surface area contributed by atoms with Crippen LogP contribution in [0.25, 0.3) is 16.6 Å². The predicted molar refractivity (Wildman–Crippen MR) is 116 cm³/mol. The third-order valence-corrected chi connectivity index (χ3v) is 4.76. The van der Waals surface area contributed by atoms with Crippen molar-refractivity contribution in [2.75, 3.05) is 10.6 Å². The van der Waals surface area contributed by atoms with Gasteiger partial charge in [-0.2, -0.15) is 0 Å². The van der Waals surface area contributed by atoms with Crippen LogP contribution >= 0.6 is 0 Å². The third-order valence-electron chi connectivity index (χ3n) is 4.76. The molecule has 4 rings (SSSR count). The Labute approximate surface area is 172 Å². The number of fused-ring (bicyclic) bond motifs is 1. The molecule has 0 unspecified atom stereocenters. The van der Waals surface area contributed by atoms with Crippen LogP contribution in [0, 0.1) is 19.7 Å². The molecule has 0 fully saturated rings. The molecular formula is C23H19FN4O2. The maximum absolute atomic E-state index is 13.0. The number of anilines is 2. The van der Waals surface area contributed by atoms with Crippen molar-refractivity contribution < 1.29 is 9.18 Å². The first-order valence-electron chi connectivity index (χ1n) is 9.35. The number of rotatable bonds is 3. The highest BCUT2D eigenvalue weighted by molar-refractivity contribution is 6.00. The minimum atomic E-state index is -0.446. The highest BCUT2D eigenvalue weighted by atomic mass is 19.1. The van der Waals surface area contributed by atoms with Gasteiger partial charge in [-0.05, 0) is 74.0 Å². The molecule has 0 radical (unpaired) electrons. The first kappa shape index (κ1) is 19.3. The van der Waals surface area contributed by atoms with Crippen molar-refractivity contribution in [2.45, 2.75) is 13.8 Å². The van der Waals surface area contributed by atoms with Gasteiger partial charge in [-0.15, -0.1) is 0 Å². The number of carbonyl (C=O) groups is 1. The number of urea groups is 1. The van der Waals surface area contributed by atoms with Gasteiger partial charge in [0, 0.05) is 11.4 Å². The summed E-state index contributed by atoms with van der Waals surface area (Å²) in [6.45, 7) is 3.62. The van der Waals surface area contributed by atoms with Gasteiger partial charge in [-0.1, -0.05) is 12.1 Å². The molecule has 0 aliphatic carbocycles. The summed E-state index contributed by atoms with van der Waals surface area (Å²) >= 11 is 0. The van der Waals surface area contributed by atoms with E-state index in [0.29, 0.717) is 33.8 Å². The molecule has 0 saturated carbocycles. The van der Waals surface area contributed by atoms with Crippen LogP contribution in [0.1, 0.15) is 11.4 Å². The Morgan fingerprint density at radius 3 is 2.43 bits per heavy atom. The Balaban J connectivity index is 1.61. The van der Waals surface area contributed by atoms with Crippen molar-refractivity contribution in [1.82, 2.24) is 9.55 Å². The van der Waals surface area contributed by atoms with Gasteiger partial charge >= 0.3 is 6.03 Å². The lowest BCUT2D eigenvalue weighted by Gasteiger charge is -2.14. The fourth-order valence-corrected chi connectivity index (χ4v) is 3.29. The van der Waals surface area contributed by atoms with Gasteiger partial charge in [0.05, 0.1) is 16.6 Å². The summed E-state index contributed by atoms with van der Waals surface area (Å²) in [4.78, 5) is 29.7. The summed E-state index contributed by atoms with van der Waals surface area (Å²) < 4.78 is 14.5. The molecule has 30 heavy (non-hydrogen) atoms. The van der Waals surface area contributed by atoms with Gasteiger partial charge in [-0.3, -0.25) is 9.36 Å². The summed E-state index contributed by atoms with van der Waals surface area (Å²) in [5.74, 6) is 0.203. The average molecular weight is 402 g/mol. The molecule has 1 heterocycles. The molecule has 4 aromatic rings. The summed E-state index contributed by atoms with van der Waals surface area (Å²) in [7, 11) is 0. The Kier molecular flexibility index (Phi) is 5.02. The van der Waals surface area contributed by atoms with Crippen LogP contribution < -0.4 is 16.2 Å². The first-order chi connectivity index (χ1) is 14.4. The molecule has 2 amide bonds. The number of aromatic nitrogens is 2. The standard InChI is InChI=1S/C23H19FN4O2/c1-14-13-18(28-15(2)25-21-6-4-3-5-19(21)22(28)29)11-12-20(14)27-23(30)26-17-9-7-16(24)8-10-17/h3-13H,1-2H3,(H2,26,27,30). The average Bonchev–Trinajstić information content (AvgIpc) is 2.72. The highest BCUT2D eigenvalue weighted by Gasteiger charge is 2.12. The van der Waals surface area contributed by atoms with E-state index < -0.39 is 6.03 Å². The zero-order valence-electron chi connectivity index (χ0n) is 16.4. The molecule has 7 heteroatoms. The molecular weight excluding hydrogens is 383 g/mol. The van der Waals surface area contributed by atoms with Crippen molar-refractivity contribution in [2.24, 2.45) is 0 Å². The Bertz CT molecular complexity index is 1310. The van der Waals surface area contributed by atoms with Gasteiger partial charge in [0.1, 0.15) is 11.6 Å². The molecule has 0 aliphatic heterocycles. The number of hydrogen-bond donors (Lipinski definition) is 2. The molecule has 150 valence electrons. The monoisotopic (exact) mass is 402 g/mol. The van der Waals surface area contributed by atoms with E-state index in [1.54, 1.807) is 29.7 Å². The number of nitrogens with one attached hydrogen (secondary N) is 2.